The summed E-state index contributed by atoms with van der Waals surface area (Å²) < 4.78 is 6.45. The van der Waals surface area contributed by atoms with Crippen LogP contribution in [0.3, 0.4) is 0 Å². The number of ether oxygens (including phenoxy) is 1. The zero-order valence-electron chi connectivity index (χ0n) is 9.36. The van der Waals surface area contributed by atoms with Gasteiger partial charge in [-0.3, -0.25) is 0 Å². The number of nitrogens with two attached hydrogens (primary N) is 1. The van der Waals surface area contributed by atoms with Crippen LogP contribution in [0.15, 0.2) is 10.5 Å². The van der Waals surface area contributed by atoms with Crippen molar-refractivity contribution in [3.05, 3.63) is 27.2 Å². The van der Waals surface area contributed by atoms with Gasteiger partial charge in [0.2, 0.25) is 0 Å². The minimum Gasteiger partial charge on any atom is -0.495 e. The lowest BCUT2D eigenvalue weighted by atomic mass is 9.95. The molecule has 1 aliphatic carbocycles. The molecule has 0 unspecified atom stereocenters. The molecule has 0 saturated heterocycles. The highest BCUT2D eigenvalue weighted by Gasteiger charge is 2.44. The van der Waals surface area contributed by atoms with Gasteiger partial charge in [0.15, 0.2) is 0 Å². The molecule has 0 amide bonds. The van der Waals surface area contributed by atoms with E-state index in [2.05, 4.69) is 35.8 Å². The Morgan fingerprint density at radius 2 is 2.00 bits per heavy atom. The van der Waals surface area contributed by atoms with Gasteiger partial charge in [0.05, 0.1) is 11.6 Å². The maximum absolute atomic E-state index is 6.28. The number of methoxy groups -OCH3 is 1. The molecular weight excluding hydrogens is 254 g/mol. The third-order valence-electron chi connectivity index (χ3n) is 3.24. The summed E-state index contributed by atoms with van der Waals surface area (Å²) in [7, 11) is 1.70. The molecule has 0 aliphatic heterocycles. The van der Waals surface area contributed by atoms with Gasteiger partial charge in [0.1, 0.15) is 5.75 Å². The van der Waals surface area contributed by atoms with Crippen molar-refractivity contribution in [1.29, 1.82) is 0 Å². The summed E-state index contributed by atoms with van der Waals surface area (Å²) in [6.45, 7) is 4.22. The van der Waals surface area contributed by atoms with Crippen LogP contribution < -0.4 is 10.5 Å². The molecule has 2 N–H and O–H groups in total. The first kappa shape index (κ1) is 11.0. The Kier molecular flexibility index (Phi) is 2.55. The summed E-state index contributed by atoms with van der Waals surface area (Å²) in [6, 6.07) is 2.09. The van der Waals surface area contributed by atoms with E-state index in [0.29, 0.717) is 0 Å². The number of hydrogen-bond donors (Lipinski definition) is 1. The summed E-state index contributed by atoms with van der Waals surface area (Å²) in [4.78, 5) is 0. The van der Waals surface area contributed by atoms with Crippen molar-refractivity contribution in [3.63, 3.8) is 0 Å². The highest BCUT2D eigenvalue weighted by Crippen LogP contribution is 2.50. The molecule has 15 heavy (non-hydrogen) atoms. The fourth-order valence-electron chi connectivity index (χ4n) is 2.03. The lowest BCUT2D eigenvalue weighted by Crippen LogP contribution is -2.21. The summed E-state index contributed by atoms with van der Waals surface area (Å²) in [5, 5.41) is 0. The molecular formula is C12H16BrNO. The quantitative estimate of drug-likeness (QED) is 0.896. The lowest BCUT2D eigenvalue weighted by molar-refractivity contribution is 0.401. The van der Waals surface area contributed by atoms with Gasteiger partial charge in [-0.05, 0) is 59.8 Å². The normalized spacial score (nSPS) is 17.7. The van der Waals surface area contributed by atoms with Crippen LogP contribution in [0.5, 0.6) is 5.75 Å². The van der Waals surface area contributed by atoms with Crippen LogP contribution >= 0.6 is 15.9 Å². The summed E-state index contributed by atoms with van der Waals surface area (Å²) in [6.07, 6.45) is 2.11. The van der Waals surface area contributed by atoms with Gasteiger partial charge in [-0.1, -0.05) is 0 Å². The number of hydrogen-bond acceptors (Lipinski definition) is 2. The molecule has 1 aromatic rings. The fraction of sp³-hybridized carbons (Fsp3) is 0.500. The van der Waals surface area contributed by atoms with Crippen LogP contribution in [0.1, 0.15) is 29.5 Å². The summed E-state index contributed by atoms with van der Waals surface area (Å²) >= 11 is 3.53. The van der Waals surface area contributed by atoms with Crippen molar-refractivity contribution in [2.75, 3.05) is 7.11 Å². The maximum Gasteiger partial charge on any atom is 0.138 e. The van der Waals surface area contributed by atoms with Gasteiger partial charge in [-0.2, -0.15) is 0 Å². The monoisotopic (exact) mass is 269 g/mol. The molecule has 0 bridgehead atoms. The van der Waals surface area contributed by atoms with Crippen LogP contribution in [0.4, 0.5) is 0 Å². The molecule has 2 nitrogen and oxygen atoms in total. The van der Waals surface area contributed by atoms with E-state index in [-0.39, 0.29) is 5.54 Å². The van der Waals surface area contributed by atoms with E-state index in [9.17, 15) is 0 Å². The Morgan fingerprint density at radius 3 is 2.47 bits per heavy atom. The van der Waals surface area contributed by atoms with Crippen molar-refractivity contribution in [2.24, 2.45) is 5.73 Å². The average Bonchev–Trinajstić information content (AvgIpc) is 2.90. The number of aryl methyl sites for hydroxylation is 1. The van der Waals surface area contributed by atoms with Crippen LogP contribution in [-0.4, -0.2) is 7.11 Å². The molecule has 2 rings (SSSR count). The first-order valence-corrected chi connectivity index (χ1v) is 5.92. The van der Waals surface area contributed by atoms with Crippen molar-refractivity contribution >= 4 is 15.9 Å². The van der Waals surface area contributed by atoms with Gasteiger partial charge in [0, 0.05) is 11.1 Å². The Labute approximate surface area is 98.9 Å². The topological polar surface area (TPSA) is 35.2 Å². The Bertz CT molecular complexity index is 411. The minimum absolute atomic E-state index is 0.149. The predicted octanol–water partition coefficient (Wildman–Crippen LogP) is 3.02. The van der Waals surface area contributed by atoms with Crippen LogP contribution in [-0.2, 0) is 5.54 Å². The molecule has 1 saturated carbocycles. The molecule has 3 heteroatoms. The third-order valence-corrected chi connectivity index (χ3v) is 3.83. The van der Waals surface area contributed by atoms with E-state index in [0.717, 1.165) is 23.1 Å². The zero-order chi connectivity index (χ0) is 11.2. The number of halogens is 1. The molecule has 0 radical (unpaired) electrons. The van der Waals surface area contributed by atoms with Crippen molar-refractivity contribution in [2.45, 2.75) is 32.2 Å². The highest BCUT2D eigenvalue weighted by molar-refractivity contribution is 9.10. The predicted molar refractivity (Wildman–Crippen MR) is 65.3 cm³/mol. The smallest absolute Gasteiger partial charge is 0.138 e. The Morgan fingerprint density at radius 1 is 1.40 bits per heavy atom. The molecule has 0 heterocycles. The molecule has 0 aromatic heterocycles. The summed E-state index contributed by atoms with van der Waals surface area (Å²) in [5.41, 5.74) is 9.83. The Balaban J connectivity index is 2.68. The van der Waals surface area contributed by atoms with E-state index in [1.807, 2.05) is 0 Å². The number of benzene rings is 1. The van der Waals surface area contributed by atoms with Gasteiger partial charge in [-0.15, -0.1) is 0 Å². The lowest BCUT2D eigenvalue weighted by Gasteiger charge is -2.20. The van der Waals surface area contributed by atoms with Gasteiger partial charge in [0.25, 0.3) is 0 Å². The Hall–Kier alpha value is -0.540. The zero-order valence-corrected chi connectivity index (χ0v) is 10.9. The van der Waals surface area contributed by atoms with E-state index >= 15 is 0 Å². The van der Waals surface area contributed by atoms with Crippen LogP contribution in [0.25, 0.3) is 0 Å². The van der Waals surface area contributed by atoms with Crippen LogP contribution in [0.2, 0.25) is 0 Å². The van der Waals surface area contributed by atoms with Crippen molar-refractivity contribution < 1.29 is 4.74 Å². The fourth-order valence-corrected chi connectivity index (χ4v) is 2.74. The molecule has 1 aromatic carbocycles. The van der Waals surface area contributed by atoms with Crippen molar-refractivity contribution in [3.8, 4) is 5.75 Å². The molecule has 0 spiro atoms. The average molecular weight is 270 g/mol. The third kappa shape index (κ3) is 1.68. The molecule has 1 aliphatic rings. The summed E-state index contributed by atoms with van der Waals surface area (Å²) in [5.74, 6) is 0.901. The van der Waals surface area contributed by atoms with Gasteiger partial charge in [-0.25, -0.2) is 0 Å². The van der Waals surface area contributed by atoms with Crippen molar-refractivity contribution in [1.82, 2.24) is 0 Å². The molecule has 0 atom stereocenters. The maximum atomic E-state index is 6.28. The van der Waals surface area contributed by atoms with E-state index in [4.69, 9.17) is 10.5 Å². The van der Waals surface area contributed by atoms with Gasteiger partial charge < -0.3 is 10.5 Å². The van der Waals surface area contributed by atoms with E-state index in [1.54, 1.807) is 7.11 Å². The second kappa shape index (κ2) is 3.49. The van der Waals surface area contributed by atoms with E-state index < -0.39 is 0 Å². The second-order valence-electron chi connectivity index (χ2n) is 4.36. The molecule has 1 fully saturated rings. The van der Waals surface area contributed by atoms with Crippen LogP contribution in [0, 0.1) is 13.8 Å². The van der Waals surface area contributed by atoms with E-state index in [1.165, 1.54) is 16.7 Å². The SMILES string of the molecule is COc1c(Br)cc(C)c(C)c1C1(N)CC1. The largest absolute Gasteiger partial charge is 0.495 e. The molecule has 82 valence electrons. The standard InChI is InChI=1S/C12H16BrNO/c1-7-6-9(13)11(15-3)10(8(7)2)12(14)4-5-12/h6H,4-5,14H2,1-3H3. The van der Waals surface area contributed by atoms with Gasteiger partial charge >= 0.3 is 0 Å². The first-order chi connectivity index (χ1) is 6.99. The minimum atomic E-state index is -0.149. The first-order valence-electron chi connectivity index (χ1n) is 5.12. The second-order valence-corrected chi connectivity index (χ2v) is 5.22. The highest BCUT2D eigenvalue weighted by atomic mass is 79.9. The number of rotatable bonds is 2.